The van der Waals surface area contributed by atoms with Crippen molar-refractivity contribution in [2.45, 2.75) is 63.6 Å². The maximum atomic E-state index is 3.91. The van der Waals surface area contributed by atoms with Gasteiger partial charge >= 0.3 is 0 Å². The minimum Gasteiger partial charge on any atom is -0.314 e. The fourth-order valence-corrected chi connectivity index (χ4v) is 4.35. The maximum Gasteiger partial charge on any atom is 0.0294 e. The maximum absolute atomic E-state index is 3.91. The van der Waals surface area contributed by atoms with Gasteiger partial charge in [-0.3, -0.25) is 0 Å². The molecule has 2 aliphatic rings. The molecule has 1 saturated heterocycles. The molecule has 116 valence electrons. The minimum absolute atomic E-state index is 0.437. The Morgan fingerprint density at radius 3 is 2.62 bits per heavy atom. The summed E-state index contributed by atoms with van der Waals surface area (Å²) in [5.74, 6) is 0.822. The summed E-state index contributed by atoms with van der Waals surface area (Å²) in [6.07, 6.45) is 8.24. The van der Waals surface area contributed by atoms with Crippen molar-refractivity contribution in [3.8, 4) is 0 Å². The van der Waals surface area contributed by atoms with Crippen molar-refractivity contribution in [1.29, 1.82) is 0 Å². The van der Waals surface area contributed by atoms with Gasteiger partial charge in [0, 0.05) is 22.6 Å². The number of piperidine rings is 1. The molecule has 0 radical (unpaired) electrons. The van der Waals surface area contributed by atoms with Crippen LogP contribution in [-0.4, -0.2) is 18.6 Å². The zero-order valence-corrected chi connectivity index (χ0v) is 14.5. The van der Waals surface area contributed by atoms with E-state index in [0.717, 1.165) is 16.4 Å². The second-order valence-electron chi connectivity index (χ2n) is 6.70. The Morgan fingerprint density at radius 2 is 1.90 bits per heavy atom. The van der Waals surface area contributed by atoms with E-state index < -0.39 is 0 Å². The van der Waals surface area contributed by atoms with Crippen molar-refractivity contribution < 1.29 is 0 Å². The molecule has 3 heteroatoms. The molecule has 0 aromatic heterocycles. The lowest BCUT2D eigenvalue weighted by atomic mass is 9.88. The Balaban J connectivity index is 1.61. The van der Waals surface area contributed by atoms with E-state index in [1.807, 2.05) is 0 Å². The summed E-state index contributed by atoms with van der Waals surface area (Å²) in [7, 11) is 0. The molecule has 1 aliphatic heterocycles. The third-order valence-electron chi connectivity index (χ3n) is 5.27. The van der Waals surface area contributed by atoms with Gasteiger partial charge < -0.3 is 10.6 Å². The molecule has 0 bridgehead atoms. The Bertz CT molecular complexity index is 439. The first-order valence-electron chi connectivity index (χ1n) is 8.49. The number of hydrogen-bond acceptors (Lipinski definition) is 2. The molecule has 0 amide bonds. The fraction of sp³-hybridized carbons (Fsp3) is 0.667. The molecule has 1 heterocycles. The van der Waals surface area contributed by atoms with Gasteiger partial charge in [-0.25, -0.2) is 0 Å². The van der Waals surface area contributed by atoms with Gasteiger partial charge in [-0.15, -0.1) is 0 Å². The summed E-state index contributed by atoms with van der Waals surface area (Å²) in [6.45, 7) is 3.52. The van der Waals surface area contributed by atoms with Crippen LogP contribution in [-0.2, 0) is 0 Å². The Morgan fingerprint density at radius 1 is 1.10 bits per heavy atom. The molecule has 2 nitrogen and oxygen atoms in total. The Hall–Kier alpha value is -0.380. The van der Waals surface area contributed by atoms with E-state index >= 15 is 0 Å². The van der Waals surface area contributed by atoms with Crippen LogP contribution < -0.4 is 10.6 Å². The summed E-state index contributed by atoms with van der Waals surface area (Å²) >= 11 is 3.52. The van der Waals surface area contributed by atoms with Crippen molar-refractivity contribution in [2.24, 2.45) is 5.92 Å². The molecular formula is C18H27BrN2. The van der Waals surface area contributed by atoms with Crippen LogP contribution in [0.5, 0.6) is 0 Å². The Kier molecular flexibility index (Phi) is 5.36. The molecular weight excluding hydrogens is 324 g/mol. The van der Waals surface area contributed by atoms with Gasteiger partial charge in [0.1, 0.15) is 0 Å². The van der Waals surface area contributed by atoms with E-state index in [0.29, 0.717) is 12.1 Å². The molecule has 2 N–H and O–H groups in total. The first-order valence-corrected chi connectivity index (χ1v) is 9.28. The van der Waals surface area contributed by atoms with Gasteiger partial charge in [-0.05, 0) is 62.8 Å². The van der Waals surface area contributed by atoms with Crippen molar-refractivity contribution >= 4 is 15.9 Å². The Labute approximate surface area is 137 Å². The lowest BCUT2D eigenvalue weighted by Crippen LogP contribution is -2.47. The van der Waals surface area contributed by atoms with E-state index in [-0.39, 0.29) is 0 Å². The number of benzene rings is 1. The highest BCUT2D eigenvalue weighted by atomic mass is 79.9. The van der Waals surface area contributed by atoms with Crippen LogP contribution in [0.15, 0.2) is 28.7 Å². The molecule has 2 fully saturated rings. The van der Waals surface area contributed by atoms with Crippen molar-refractivity contribution in [3.05, 3.63) is 34.3 Å². The highest BCUT2D eigenvalue weighted by molar-refractivity contribution is 9.10. The lowest BCUT2D eigenvalue weighted by molar-refractivity contribution is 0.248. The predicted molar refractivity (Wildman–Crippen MR) is 92.5 cm³/mol. The first-order chi connectivity index (χ1) is 10.2. The molecule has 4 atom stereocenters. The van der Waals surface area contributed by atoms with Crippen LogP contribution in [0.4, 0.5) is 0 Å². The highest BCUT2D eigenvalue weighted by Gasteiger charge is 2.34. The second-order valence-corrected chi connectivity index (χ2v) is 7.61. The monoisotopic (exact) mass is 350 g/mol. The SMILES string of the molecule is C[C@@H](NC1CCCC1C1CCCCN1)c1ccc(Br)cc1. The van der Waals surface area contributed by atoms with E-state index in [1.54, 1.807) is 0 Å². The first kappa shape index (κ1) is 15.5. The van der Waals surface area contributed by atoms with Gasteiger partial charge in [0.05, 0.1) is 0 Å². The number of hydrogen-bond donors (Lipinski definition) is 2. The predicted octanol–water partition coefficient (Wildman–Crippen LogP) is 4.41. The van der Waals surface area contributed by atoms with Gasteiger partial charge in [0.2, 0.25) is 0 Å². The van der Waals surface area contributed by atoms with Crippen molar-refractivity contribution in [2.75, 3.05) is 6.54 Å². The van der Waals surface area contributed by atoms with E-state index in [4.69, 9.17) is 0 Å². The zero-order valence-electron chi connectivity index (χ0n) is 12.9. The summed E-state index contributed by atoms with van der Waals surface area (Å²) in [5, 5.41) is 7.67. The largest absolute Gasteiger partial charge is 0.314 e. The summed E-state index contributed by atoms with van der Waals surface area (Å²) < 4.78 is 1.16. The average molecular weight is 351 g/mol. The number of nitrogens with one attached hydrogen (secondary N) is 2. The van der Waals surface area contributed by atoms with Crippen molar-refractivity contribution in [3.63, 3.8) is 0 Å². The molecule has 1 aromatic rings. The van der Waals surface area contributed by atoms with Crippen LogP contribution in [0.25, 0.3) is 0 Å². The fourth-order valence-electron chi connectivity index (χ4n) is 4.09. The quantitative estimate of drug-likeness (QED) is 0.840. The van der Waals surface area contributed by atoms with Crippen LogP contribution in [0.1, 0.15) is 57.1 Å². The van der Waals surface area contributed by atoms with Gasteiger partial charge in [-0.1, -0.05) is 40.9 Å². The third kappa shape index (κ3) is 3.88. The van der Waals surface area contributed by atoms with E-state index in [9.17, 15) is 0 Å². The zero-order chi connectivity index (χ0) is 14.7. The molecule has 1 aliphatic carbocycles. The van der Waals surface area contributed by atoms with Crippen LogP contribution in [0, 0.1) is 5.92 Å². The van der Waals surface area contributed by atoms with Crippen molar-refractivity contribution in [1.82, 2.24) is 10.6 Å². The minimum atomic E-state index is 0.437. The van der Waals surface area contributed by atoms with Crippen LogP contribution in [0.3, 0.4) is 0 Å². The van der Waals surface area contributed by atoms with Crippen LogP contribution >= 0.6 is 15.9 Å². The molecule has 3 unspecified atom stereocenters. The third-order valence-corrected chi connectivity index (χ3v) is 5.80. The molecule has 1 saturated carbocycles. The normalized spacial score (nSPS) is 31.2. The number of halogens is 1. The molecule has 3 rings (SSSR count). The van der Waals surface area contributed by atoms with E-state index in [1.165, 1.54) is 50.6 Å². The lowest BCUT2D eigenvalue weighted by Gasteiger charge is -2.34. The van der Waals surface area contributed by atoms with Gasteiger partial charge in [0.15, 0.2) is 0 Å². The average Bonchev–Trinajstić information content (AvgIpc) is 2.97. The summed E-state index contributed by atoms with van der Waals surface area (Å²) in [5.41, 5.74) is 1.39. The standard InChI is InChI=1S/C18H27BrN2/c1-13(14-8-10-15(19)11-9-14)21-18-7-4-5-16(18)17-6-2-3-12-20-17/h8-11,13,16-18,20-21H,2-7,12H2,1H3/t13-,16?,17?,18?/m1/s1. The highest BCUT2D eigenvalue weighted by Crippen LogP contribution is 2.33. The molecule has 1 aromatic carbocycles. The summed E-state index contributed by atoms with van der Waals surface area (Å²) in [4.78, 5) is 0. The molecule has 21 heavy (non-hydrogen) atoms. The summed E-state index contributed by atoms with van der Waals surface area (Å²) in [6, 6.07) is 10.6. The van der Waals surface area contributed by atoms with E-state index in [2.05, 4.69) is 57.8 Å². The topological polar surface area (TPSA) is 24.1 Å². The molecule has 0 spiro atoms. The van der Waals surface area contributed by atoms with Gasteiger partial charge in [-0.2, -0.15) is 0 Å². The van der Waals surface area contributed by atoms with Gasteiger partial charge in [0.25, 0.3) is 0 Å². The van der Waals surface area contributed by atoms with Crippen LogP contribution in [0.2, 0.25) is 0 Å². The number of rotatable bonds is 4. The second kappa shape index (κ2) is 7.26. The smallest absolute Gasteiger partial charge is 0.0294 e.